The van der Waals surface area contributed by atoms with Gasteiger partial charge < -0.3 is 14.2 Å². The van der Waals surface area contributed by atoms with Crippen molar-refractivity contribution >= 4 is 19.9 Å². The second-order valence-corrected chi connectivity index (χ2v) is 15.1. The Kier molecular flexibility index (Phi) is 6.61. The maximum atomic E-state index is 12.4. The molecule has 0 bridgehead atoms. The first kappa shape index (κ1) is 22.8. The van der Waals surface area contributed by atoms with E-state index in [1.54, 1.807) is 20.1 Å². The molecule has 28 heavy (non-hydrogen) atoms. The van der Waals surface area contributed by atoms with Gasteiger partial charge in [0, 0.05) is 19.1 Å². The topological polar surface area (TPSA) is 73.9 Å². The van der Waals surface area contributed by atoms with Crippen molar-refractivity contribution in [3.8, 4) is 12.3 Å². The number of rotatable bonds is 6. The van der Waals surface area contributed by atoms with Gasteiger partial charge in [0.2, 0.25) is 5.91 Å². The van der Waals surface area contributed by atoms with Gasteiger partial charge in [-0.2, -0.15) is 0 Å². The molecule has 0 radical (unpaired) electrons. The summed E-state index contributed by atoms with van der Waals surface area (Å²) in [7, 11) is -0.263. The molecule has 3 unspecified atom stereocenters. The van der Waals surface area contributed by atoms with E-state index in [1.165, 1.54) is 0 Å². The van der Waals surface area contributed by atoms with Crippen LogP contribution in [0.5, 0.6) is 0 Å². The lowest BCUT2D eigenvalue weighted by Crippen LogP contribution is -2.50. The molecule has 0 aromatic rings. The number of terminal acetylenes is 1. The first-order chi connectivity index (χ1) is 12.9. The molecule has 2 aliphatic heterocycles. The molecule has 2 amide bonds. The standard InChI is InChI=1S/C21H33NO5Si/c1-9-21(12-28(7,8)20(3,4)5)17(26-13-25-6)11-16(27-21)15-10-14(2)18(23)22-19(15)24/h1,10,15-17H,11-13H2,2-8H3,(H,22,23,24)/t15?,16?,17?,21-/m1/s1. The molecule has 2 heterocycles. The average Bonchev–Trinajstić information content (AvgIpc) is 2.93. The predicted molar refractivity (Wildman–Crippen MR) is 110 cm³/mol. The van der Waals surface area contributed by atoms with Crippen LogP contribution in [0.2, 0.25) is 24.2 Å². The smallest absolute Gasteiger partial charge is 0.253 e. The molecule has 0 spiro atoms. The zero-order valence-corrected chi connectivity index (χ0v) is 19.0. The van der Waals surface area contributed by atoms with Gasteiger partial charge in [0.05, 0.1) is 20.1 Å². The van der Waals surface area contributed by atoms with E-state index in [0.29, 0.717) is 18.0 Å². The van der Waals surface area contributed by atoms with Crippen molar-refractivity contribution < 1.29 is 23.8 Å². The van der Waals surface area contributed by atoms with Crippen LogP contribution in [0, 0.1) is 18.3 Å². The molecule has 0 aromatic heterocycles. The van der Waals surface area contributed by atoms with Crippen LogP contribution in [0.3, 0.4) is 0 Å². The SMILES string of the molecule is C#C[C@]1(C[Si](C)(C)C(C)(C)C)OC(C2C=C(C)C(=O)NC2=O)CC1OCOC. The van der Waals surface area contributed by atoms with Crippen LogP contribution in [0.1, 0.15) is 34.1 Å². The quantitative estimate of drug-likeness (QED) is 0.317. The van der Waals surface area contributed by atoms with Crippen LogP contribution >= 0.6 is 0 Å². The van der Waals surface area contributed by atoms with E-state index in [0.717, 1.165) is 0 Å². The van der Waals surface area contributed by atoms with E-state index in [2.05, 4.69) is 45.1 Å². The Hall–Kier alpha value is -1.46. The van der Waals surface area contributed by atoms with Crippen LogP contribution in [0.25, 0.3) is 0 Å². The summed E-state index contributed by atoms with van der Waals surface area (Å²) in [6.07, 6.45) is 7.33. The van der Waals surface area contributed by atoms with Crippen LogP contribution in [-0.2, 0) is 23.8 Å². The van der Waals surface area contributed by atoms with E-state index >= 15 is 0 Å². The Morgan fingerprint density at radius 2 is 2.04 bits per heavy atom. The fourth-order valence-electron chi connectivity index (χ4n) is 3.61. The number of ether oxygens (including phenoxy) is 3. The van der Waals surface area contributed by atoms with E-state index in [-0.39, 0.29) is 29.7 Å². The van der Waals surface area contributed by atoms with E-state index in [9.17, 15) is 9.59 Å². The van der Waals surface area contributed by atoms with Crippen molar-refractivity contribution in [2.24, 2.45) is 5.92 Å². The maximum absolute atomic E-state index is 12.4. The minimum absolute atomic E-state index is 0.103. The summed E-state index contributed by atoms with van der Waals surface area (Å²) in [5.41, 5.74) is -0.416. The highest BCUT2D eigenvalue weighted by molar-refractivity contribution is 6.80. The second-order valence-electron chi connectivity index (χ2n) is 9.49. The Morgan fingerprint density at radius 3 is 2.57 bits per heavy atom. The third-order valence-corrected chi connectivity index (χ3v) is 11.9. The van der Waals surface area contributed by atoms with Gasteiger partial charge in [-0.1, -0.05) is 45.9 Å². The minimum atomic E-state index is -1.82. The normalized spacial score (nSPS) is 31.4. The molecule has 2 rings (SSSR count). The summed E-state index contributed by atoms with van der Waals surface area (Å²) in [4.78, 5) is 24.2. The molecule has 0 saturated carbocycles. The maximum Gasteiger partial charge on any atom is 0.253 e. The lowest BCUT2D eigenvalue weighted by molar-refractivity contribution is -0.136. The van der Waals surface area contributed by atoms with Gasteiger partial charge in [0.15, 0.2) is 5.60 Å². The zero-order chi connectivity index (χ0) is 21.3. The molecule has 0 aromatic carbocycles. The Bertz CT molecular complexity index is 703. The van der Waals surface area contributed by atoms with E-state index < -0.39 is 25.7 Å². The molecule has 156 valence electrons. The highest BCUT2D eigenvalue weighted by atomic mass is 28.3. The Morgan fingerprint density at radius 1 is 1.39 bits per heavy atom. The molecular weight excluding hydrogens is 374 g/mol. The van der Waals surface area contributed by atoms with Crippen LogP contribution in [0.15, 0.2) is 11.6 Å². The van der Waals surface area contributed by atoms with Gasteiger partial charge in [-0.05, 0) is 18.0 Å². The predicted octanol–water partition coefficient (Wildman–Crippen LogP) is 2.86. The summed E-state index contributed by atoms with van der Waals surface area (Å²) >= 11 is 0. The van der Waals surface area contributed by atoms with Crippen molar-refractivity contribution in [1.82, 2.24) is 5.32 Å². The number of imide groups is 1. The molecule has 4 atom stereocenters. The number of hydrogen-bond acceptors (Lipinski definition) is 5. The van der Waals surface area contributed by atoms with Crippen LogP contribution in [0.4, 0.5) is 0 Å². The highest BCUT2D eigenvalue weighted by Gasteiger charge is 2.55. The minimum Gasteiger partial charge on any atom is -0.359 e. The van der Waals surface area contributed by atoms with E-state index in [4.69, 9.17) is 20.6 Å². The number of methoxy groups -OCH3 is 1. The van der Waals surface area contributed by atoms with Crippen LogP contribution in [-0.4, -0.2) is 51.6 Å². The number of carbonyl (C=O) groups is 2. The zero-order valence-electron chi connectivity index (χ0n) is 18.0. The third-order valence-electron chi connectivity index (χ3n) is 6.42. The van der Waals surface area contributed by atoms with Gasteiger partial charge in [-0.3, -0.25) is 14.9 Å². The van der Waals surface area contributed by atoms with Gasteiger partial charge in [0.1, 0.15) is 12.9 Å². The third kappa shape index (κ3) is 4.41. The molecule has 1 saturated heterocycles. The van der Waals surface area contributed by atoms with Crippen LogP contribution < -0.4 is 5.32 Å². The number of carbonyl (C=O) groups excluding carboxylic acids is 2. The molecule has 1 N–H and O–H groups in total. The summed E-state index contributed by atoms with van der Waals surface area (Å²) in [6.45, 7) is 13.1. The number of hydrogen-bond donors (Lipinski definition) is 1. The van der Waals surface area contributed by atoms with Crippen molar-refractivity contribution in [3.05, 3.63) is 11.6 Å². The molecule has 2 aliphatic rings. The number of amides is 2. The average molecular weight is 408 g/mol. The van der Waals surface area contributed by atoms with Crippen molar-refractivity contribution in [2.45, 2.75) is 76.1 Å². The van der Waals surface area contributed by atoms with Crippen molar-refractivity contribution in [3.63, 3.8) is 0 Å². The van der Waals surface area contributed by atoms with E-state index in [1.807, 2.05) is 0 Å². The lowest BCUT2D eigenvalue weighted by atomic mass is 9.91. The molecule has 1 fully saturated rings. The molecule has 0 aliphatic carbocycles. The number of nitrogens with one attached hydrogen (secondary N) is 1. The largest absolute Gasteiger partial charge is 0.359 e. The van der Waals surface area contributed by atoms with Gasteiger partial charge in [-0.25, -0.2) is 0 Å². The Labute approximate surface area is 169 Å². The van der Waals surface area contributed by atoms with Gasteiger partial charge >= 0.3 is 0 Å². The van der Waals surface area contributed by atoms with Crippen molar-refractivity contribution in [1.29, 1.82) is 0 Å². The first-order valence-electron chi connectivity index (χ1n) is 9.66. The first-order valence-corrected chi connectivity index (χ1v) is 12.9. The summed E-state index contributed by atoms with van der Waals surface area (Å²) in [5, 5.41) is 2.52. The highest BCUT2D eigenvalue weighted by Crippen LogP contribution is 2.48. The summed E-state index contributed by atoms with van der Waals surface area (Å²) in [5.74, 6) is 1.59. The fraction of sp³-hybridized carbons (Fsp3) is 0.714. The molecule has 7 heteroatoms. The monoisotopic (exact) mass is 407 g/mol. The summed E-state index contributed by atoms with van der Waals surface area (Å²) in [6, 6.07) is 0.709. The van der Waals surface area contributed by atoms with Gasteiger partial charge in [0.25, 0.3) is 5.91 Å². The molecular formula is C21H33NO5Si. The molecule has 6 nitrogen and oxygen atoms in total. The fourth-order valence-corrected chi connectivity index (χ4v) is 5.87. The summed E-state index contributed by atoms with van der Waals surface area (Å²) < 4.78 is 17.5. The van der Waals surface area contributed by atoms with Gasteiger partial charge in [-0.15, -0.1) is 6.42 Å². The lowest BCUT2D eigenvalue weighted by Gasteiger charge is -2.43. The van der Waals surface area contributed by atoms with Crippen molar-refractivity contribution in [2.75, 3.05) is 13.9 Å². The second kappa shape index (κ2) is 8.11. The Balaban J connectivity index is 2.37.